The van der Waals surface area contributed by atoms with Crippen molar-refractivity contribution >= 4 is 0 Å². The zero-order valence-corrected chi connectivity index (χ0v) is 13.6. The Kier molecular flexibility index (Phi) is 3.98. The molecule has 2 N–H and O–H groups in total. The van der Waals surface area contributed by atoms with Gasteiger partial charge in [0.15, 0.2) is 0 Å². The number of fused-ring (bicyclic) bond motifs is 1. The minimum atomic E-state index is -0.0503. The zero-order valence-electron chi connectivity index (χ0n) is 13.6. The highest BCUT2D eigenvalue weighted by Gasteiger charge is 2.41. The predicted molar refractivity (Wildman–Crippen MR) is 86.6 cm³/mol. The summed E-state index contributed by atoms with van der Waals surface area (Å²) in [6.45, 7) is 8.97. The molecule has 21 heavy (non-hydrogen) atoms. The molecular weight excluding hydrogens is 260 g/mol. The quantitative estimate of drug-likeness (QED) is 0.860. The van der Waals surface area contributed by atoms with E-state index in [1.807, 2.05) is 0 Å². The average molecular weight is 288 g/mol. The second kappa shape index (κ2) is 5.62. The molecule has 1 spiro atoms. The van der Waals surface area contributed by atoms with Gasteiger partial charge in [0.05, 0.1) is 0 Å². The first kappa shape index (κ1) is 14.9. The Labute approximate surface area is 128 Å². The molecule has 3 nitrogen and oxygen atoms in total. The summed E-state index contributed by atoms with van der Waals surface area (Å²) in [6.07, 6.45) is 4.37. The van der Waals surface area contributed by atoms with Crippen LogP contribution in [0.25, 0.3) is 0 Å². The van der Waals surface area contributed by atoms with Gasteiger partial charge in [-0.05, 0) is 52.6 Å². The molecule has 2 heterocycles. The van der Waals surface area contributed by atoms with Gasteiger partial charge in [-0.1, -0.05) is 17.7 Å². The van der Waals surface area contributed by atoms with Crippen LogP contribution in [0.3, 0.4) is 0 Å². The van der Waals surface area contributed by atoms with Gasteiger partial charge in [0.2, 0.25) is 0 Å². The van der Waals surface area contributed by atoms with Gasteiger partial charge < -0.3 is 15.4 Å². The molecule has 3 heteroatoms. The fourth-order valence-corrected chi connectivity index (χ4v) is 3.85. The van der Waals surface area contributed by atoms with Gasteiger partial charge in [-0.15, -0.1) is 0 Å². The number of benzene rings is 1. The topological polar surface area (TPSA) is 38.5 Å². The van der Waals surface area contributed by atoms with Gasteiger partial charge in [0.1, 0.15) is 11.4 Å². The van der Waals surface area contributed by atoms with Crippen molar-refractivity contribution in [3.05, 3.63) is 29.3 Å². The van der Waals surface area contributed by atoms with Crippen LogP contribution in [0.5, 0.6) is 5.75 Å². The van der Waals surface area contributed by atoms with Crippen LogP contribution in [-0.4, -0.2) is 29.6 Å². The standard InChI is InChI=1S/C18H28N2O/c1-13(2)20-9-4-7-18(8-10-20)12-16(19)15-11-14(3)5-6-17(15)21-18/h5-6,11,13,16H,4,7-10,12,19H2,1-3H3/t16-,18?/m0/s1. The number of hydrogen-bond acceptors (Lipinski definition) is 3. The van der Waals surface area contributed by atoms with Crippen LogP contribution in [-0.2, 0) is 0 Å². The van der Waals surface area contributed by atoms with Crippen LogP contribution in [0.1, 0.15) is 56.7 Å². The van der Waals surface area contributed by atoms with E-state index >= 15 is 0 Å². The summed E-state index contributed by atoms with van der Waals surface area (Å²) in [5.41, 5.74) is 8.87. The lowest BCUT2D eigenvalue weighted by Crippen LogP contribution is -2.44. The molecule has 116 valence electrons. The lowest BCUT2D eigenvalue weighted by Gasteiger charge is -2.41. The summed E-state index contributed by atoms with van der Waals surface area (Å²) in [5, 5.41) is 0. The third-order valence-electron chi connectivity index (χ3n) is 5.15. The summed E-state index contributed by atoms with van der Waals surface area (Å²) in [7, 11) is 0. The van der Waals surface area contributed by atoms with Crippen molar-refractivity contribution < 1.29 is 4.74 Å². The lowest BCUT2D eigenvalue weighted by atomic mass is 9.82. The molecule has 2 atom stereocenters. The number of rotatable bonds is 1. The molecule has 0 saturated carbocycles. The third kappa shape index (κ3) is 2.95. The van der Waals surface area contributed by atoms with Crippen LogP contribution in [0, 0.1) is 6.92 Å². The maximum Gasteiger partial charge on any atom is 0.124 e. The Bertz CT molecular complexity index is 514. The van der Waals surface area contributed by atoms with Crippen LogP contribution in [0.15, 0.2) is 18.2 Å². The van der Waals surface area contributed by atoms with E-state index in [0.717, 1.165) is 31.6 Å². The van der Waals surface area contributed by atoms with E-state index in [1.54, 1.807) is 0 Å². The maximum absolute atomic E-state index is 6.49. The molecule has 1 aromatic rings. The molecule has 2 aliphatic rings. The maximum atomic E-state index is 6.49. The predicted octanol–water partition coefficient (Wildman–Crippen LogP) is 3.41. The number of ether oxygens (including phenoxy) is 1. The lowest BCUT2D eigenvalue weighted by molar-refractivity contribution is 0.0210. The molecular formula is C18H28N2O. The highest BCUT2D eigenvalue weighted by Crippen LogP contribution is 2.43. The van der Waals surface area contributed by atoms with Gasteiger partial charge in [0, 0.05) is 30.6 Å². The van der Waals surface area contributed by atoms with Crippen LogP contribution in [0.4, 0.5) is 0 Å². The van der Waals surface area contributed by atoms with Crippen molar-refractivity contribution in [2.75, 3.05) is 13.1 Å². The van der Waals surface area contributed by atoms with E-state index in [-0.39, 0.29) is 11.6 Å². The summed E-state index contributed by atoms with van der Waals surface area (Å²) >= 11 is 0. The first-order valence-electron chi connectivity index (χ1n) is 8.28. The smallest absolute Gasteiger partial charge is 0.124 e. The van der Waals surface area contributed by atoms with Crippen molar-refractivity contribution in [2.45, 2.75) is 64.1 Å². The van der Waals surface area contributed by atoms with Crippen molar-refractivity contribution in [2.24, 2.45) is 5.73 Å². The minimum Gasteiger partial charge on any atom is -0.487 e. The van der Waals surface area contributed by atoms with Crippen LogP contribution >= 0.6 is 0 Å². The average Bonchev–Trinajstić information content (AvgIpc) is 2.63. The molecule has 1 unspecified atom stereocenters. The van der Waals surface area contributed by atoms with Gasteiger partial charge in [-0.25, -0.2) is 0 Å². The van der Waals surface area contributed by atoms with Crippen molar-refractivity contribution in [3.63, 3.8) is 0 Å². The van der Waals surface area contributed by atoms with Crippen molar-refractivity contribution in [1.29, 1.82) is 0 Å². The van der Waals surface area contributed by atoms with Gasteiger partial charge in [0.25, 0.3) is 0 Å². The first-order chi connectivity index (χ1) is 9.99. The second-order valence-corrected chi connectivity index (χ2v) is 7.12. The number of hydrogen-bond donors (Lipinski definition) is 1. The molecule has 3 rings (SSSR count). The van der Waals surface area contributed by atoms with E-state index < -0.39 is 0 Å². The van der Waals surface area contributed by atoms with E-state index in [0.29, 0.717) is 6.04 Å². The Balaban J connectivity index is 1.82. The highest BCUT2D eigenvalue weighted by atomic mass is 16.5. The number of nitrogens with two attached hydrogens (primary N) is 1. The Hall–Kier alpha value is -1.06. The molecule has 0 amide bonds. The summed E-state index contributed by atoms with van der Waals surface area (Å²) in [6, 6.07) is 7.15. The third-order valence-corrected chi connectivity index (χ3v) is 5.15. The first-order valence-corrected chi connectivity index (χ1v) is 8.28. The molecule has 0 bridgehead atoms. The zero-order chi connectivity index (χ0) is 15.0. The summed E-state index contributed by atoms with van der Waals surface area (Å²) in [4.78, 5) is 2.56. The van der Waals surface area contributed by atoms with E-state index in [1.165, 1.54) is 24.1 Å². The molecule has 0 radical (unpaired) electrons. The monoisotopic (exact) mass is 288 g/mol. The van der Waals surface area contributed by atoms with Crippen LogP contribution < -0.4 is 10.5 Å². The van der Waals surface area contributed by atoms with Gasteiger partial charge in [-0.3, -0.25) is 0 Å². The second-order valence-electron chi connectivity index (χ2n) is 7.12. The Morgan fingerprint density at radius 2 is 2.10 bits per heavy atom. The summed E-state index contributed by atoms with van der Waals surface area (Å²) in [5.74, 6) is 1.01. The normalized spacial score (nSPS) is 30.0. The van der Waals surface area contributed by atoms with Gasteiger partial charge in [-0.2, -0.15) is 0 Å². The largest absolute Gasteiger partial charge is 0.487 e. The molecule has 0 aromatic heterocycles. The fourth-order valence-electron chi connectivity index (χ4n) is 3.85. The van der Waals surface area contributed by atoms with Gasteiger partial charge >= 0.3 is 0 Å². The van der Waals surface area contributed by atoms with E-state index in [9.17, 15) is 0 Å². The SMILES string of the molecule is Cc1ccc2c(c1)[C@@H](N)CC1(CCCN(C(C)C)CC1)O2. The molecule has 2 aliphatic heterocycles. The van der Waals surface area contributed by atoms with E-state index in [2.05, 4.69) is 43.9 Å². The minimum absolute atomic E-state index is 0.0503. The molecule has 0 aliphatic carbocycles. The number of nitrogens with zero attached hydrogens (tertiary/aromatic N) is 1. The number of likely N-dealkylation sites (tertiary alicyclic amines) is 1. The molecule has 1 saturated heterocycles. The summed E-state index contributed by atoms with van der Waals surface area (Å²) < 4.78 is 6.49. The highest BCUT2D eigenvalue weighted by molar-refractivity contribution is 5.41. The fraction of sp³-hybridized carbons (Fsp3) is 0.667. The molecule has 1 aromatic carbocycles. The van der Waals surface area contributed by atoms with E-state index in [4.69, 9.17) is 10.5 Å². The molecule has 1 fully saturated rings. The van der Waals surface area contributed by atoms with Crippen molar-refractivity contribution in [1.82, 2.24) is 4.90 Å². The van der Waals surface area contributed by atoms with Crippen molar-refractivity contribution in [3.8, 4) is 5.75 Å². The van der Waals surface area contributed by atoms with Crippen LogP contribution in [0.2, 0.25) is 0 Å². The Morgan fingerprint density at radius 1 is 1.29 bits per heavy atom. The Morgan fingerprint density at radius 3 is 2.86 bits per heavy atom. The number of aryl methyl sites for hydroxylation is 1.